The number of aliphatic hydroxyl groups is 12. The molecule has 16 N–H and O–H groups in total. The fourth-order valence-corrected chi connectivity index (χ4v) is 8.60. The average Bonchev–Trinajstić information content (AvgIpc) is 3.32. The van der Waals surface area contributed by atoms with Gasteiger partial charge in [0.05, 0.1) is 48.6 Å². The highest BCUT2D eigenvalue weighted by molar-refractivity contribution is 5.82. The van der Waals surface area contributed by atoms with E-state index >= 15 is 0 Å². The minimum atomic E-state index is -1.94. The molecule has 24 atom stereocenters. The van der Waals surface area contributed by atoms with E-state index < -0.39 is 203 Å². The first kappa shape index (κ1) is 60.6. The molecule has 4 amide bonds. The van der Waals surface area contributed by atoms with Gasteiger partial charge in [0.2, 0.25) is 23.6 Å². The second-order valence-electron chi connectivity index (χ2n) is 17.8. The van der Waals surface area contributed by atoms with Crippen molar-refractivity contribution in [2.45, 2.75) is 200 Å². The normalized spacial score (nSPS) is 39.4. The van der Waals surface area contributed by atoms with Crippen LogP contribution in [0.15, 0.2) is 0 Å². The standard InChI is InChI=1S/C42H74N4O25/c1-15-24(44-36(60)20(52)8-12-48)28(56)32(39(64-6)65-15)69-41-34(30(58)26(17(3)67-41)46-38(62)22(54)10-14-50)71-42-33(29(57)25(18(4)68-42)45-37(61)21(53)9-13-49)70-40-31(63-5)27(55)23(16(2)66-40)43-35(59)19(51)7-11-47/h15-34,39-42,47-58H,7-14H2,1-6H3,(H,43,59)(H,44,60)(H,45,61)(H,46,62)/t15-,16-,17-,18-,19?,20?,21?,22?,23-,24-,25-,26-,27+,28+,29+,30+,31+,32+,33+,34+,39+,40-,41-,42-/m1/s1. The van der Waals surface area contributed by atoms with Gasteiger partial charge in [-0.1, -0.05) is 0 Å². The minimum Gasteiger partial charge on any atom is -0.396 e. The maximum Gasteiger partial charge on any atom is 0.249 e. The van der Waals surface area contributed by atoms with Gasteiger partial charge in [0.1, 0.15) is 73.2 Å². The molecule has 4 heterocycles. The van der Waals surface area contributed by atoms with Gasteiger partial charge in [-0.15, -0.1) is 0 Å². The third-order valence-electron chi connectivity index (χ3n) is 12.7. The number of nitrogens with one attached hydrogen (secondary N) is 4. The highest BCUT2D eigenvalue weighted by Crippen LogP contribution is 2.36. The summed E-state index contributed by atoms with van der Waals surface area (Å²) < 4.78 is 54.4. The predicted molar refractivity (Wildman–Crippen MR) is 232 cm³/mol. The zero-order chi connectivity index (χ0) is 53.0. The lowest BCUT2D eigenvalue weighted by Gasteiger charge is -2.51. The average molecular weight is 1040 g/mol. The van der Waals surface area contributed by atoms with Crippen LogP contribution in [0.25, 0.3) is 0 Å². The van der Waals surface area contributed by atoms with Crippen LogP contribution in [0.2, 0.25) is 0 Å². The summed E-state index contributed by atoms with van der Waals surface area (Å²) in [5, 5.41) is 136. The fourth-order valence-electron chi connectivity index (χ4n) is 8.60. The molecule has 29 nitrogen and oxygen atoms in total. The molecule has 4 rings (SSSR count). The topological polar surface area (TPSA) is 442 Å². The van der Waals surface area contributed by atoms with Crippen molar-refractivity contribution in [1.29, 1.82) is 0 Å². The summed E-state index contributed by atoms with van der Waals surface area (Å²) in [6, 6.07) is -5.48. The number of rotatable bonds is 24. The molecule has 4 saturated heterocycles. The Morgan fingerprint density at radius 1 is 0.408 bits per heavy atom. The summed E-state index contributed by atoms with van der Waals surface area (Å²) in [6.45, 7) is 3.43. The van der Waals surface area contributed by atoms with E-state index in [-0.39, 0.29) is 19.3 Å². The van der Waals surface area contributed by atoms with Crippen LogP contribution in [0, 0.1) is 0 Å². The van der Waals surface area contributed by atoms with E-state index in [1.165, 1.54) is 34.8 Å². The van der Waals surface area contributed by atoms with E-state index in [4.69, 9.17) is 42.6 Å². The molecule has 0 radical (unpaired) electrons. The molecule has 0 saturated carbocycles. The molecular weight excluding hydrogens is 960 g/mol. The van der Waals surface area contributed by atoms with Crippen molar-refractivity contribution < 1.29 is 123 Å². The van der Waals surface area contributed by atoms with Crippen molar-refractivity contribution in [3.8, 4) is 0 Å². The molecule has 4 aliphatic rings. The number of carbonyl (C=O) groups excluding carboxylic acids is 4. The van der Waals surface area contributed by atoms with Gasteiger partial charge >= 0.3 is 0 Å². The van der Waals surface area contributed by atoms with E-state index in [1.807, 2.05) is 0 Å². The van der Waals surface area contributed by atoms with E-state index in [0.29, 0.717) is 0 Å². The van der Waals surface area contributed by atoms with Crippen LogP contribution in [-0.4, -0.2) is 273 Å². The second-order valence-corrected chi connectivity index (χ2v) is 17.8. The van der Waals surface area contributed by atoms with Crippen LogP contribution < -0.4 is 21.3 Å². The van der Waals surface area contributed by atoms with E-state index in [9.17, 15) is 80.5 Å². The monoisotopic (exact) mass is 1030 g/mol. The molecule has 4 unspecified atom stereocenters. The molecule has 29 heteroatoms. The van der Waals surface area contributed by atoms with Crippen LogP contribution in [0.4, 0.5) is 0 Å². The van der Waals surface area contributed by atoms with Crippen molar-refractivity contribution >= 4 is 23.6 Å². The molecule has 0 aromatic rings. The molecule has 0 aliphatic carbocycles. The van der Waals surface area contributed by atoms with Gasteiger partial charge in [-0.25, -0.2) is 0 Å². The van der Waals surface area contributed by atoms with Crippen molar-refractivity contribution in [3.63, 3.8) is 0 Å². The first-order valence-corrected chi connectivity index (χ1v) is 23.3. The van der Waals surface area contributed by atoms with E-state index in [0.717, 1.165) is 7.11 Å². The summed E-state index contributed by atoms with van der Waals surface area (Å²) in [6.07, 6.45) is -33.9. The Kier molecular flexibility index (Phi) is 24.0. The SMILES string of the molecule is CO[C@H]1O[C@H](C)[C@@H](NC(=O)C(O)CCO)[C@H](O)[C@@H]1O[C@H]1O[C@H](C)[C@@H](NC(=O)C(O)CCO)[C@H](O)[C@@H]1O[C@H]1O[C@H](C)[C@@H](NC(=O)C(O)CCO)[C@H](O)[C@@H]1O[C@H]1O[C@H](C)[C@@H](NC(=O)C(O)CCO)[C@H](O)[C@@H]1OC. The van der Waals surface area contributed by atoms with Crippen molar-refractivity contribution in [2.24, 2.45) is 0 Å². The Balaban J connectivity index is 1.76. The molecule has 0 spiro atoms. The Labute approximate surface area is 408 Å². The fraction of sp³-hybridized carbons (Fsp3) is 0.905. The molecule has 71 heavy (non-hydrogen) atoms. The first-order chi connectivity index (χ1) is 33.6. The smallest absolute Gasteiger partial charge is 0.249 e. The Bertz CT molecular complexity index is 1680. The second kappa shape index (κ2) is 28.1. The van der Waals surface area contributed by atoms with Gasteiger partial charge in [-0.3, -0.25) is 19.2 Å². The van der Waals surface area contributed by atoms with Crippen LogP contribution >= 0.6 is 0 Å². The largest absolute Gasteiger partial charge is 0.396 e. The number of aliphatic hydroxyl groups excluding tert-OH is 12. The van der Waals surface area contributed by atoms with E-state index in [2.05, 4.69) is 21.3 Å². The first-order valence-electron chi connectivity index (χ1n) is 23.3. The maximum absolute atomic E-state index is 13.1. The highest BCUT2D eigenvalue weighted by atomic mass is 16.8. The molecule has 412 valence electrons. The predicted octanol–water partition coefficient (Wildman–Crippen LogP) is -8.86. The lowest BCUT2D eigenvalue weighted by molar-refractivity contribution is -0.388. The molecule has 0 aromatic carbocycles. The van der Waals surface area contributed by atoms with Crippen LogP contribution in [0.5, 0.6) is 0 Å². The third kappa shape index (κ3) is 15.1. The Morgan fingerprint density at radius 2 is 0.634 bits per heavy atom. The summed E-state index contributed by atoms with van der Waals surface area (Å²) >= 11 is 0. The summed E-state index contributed by atoms with van der Waals surface area (Å²) in [5.74, 6) is -4.02. The van der Waals surface area contributed by atoms with Crippen LogP contribution in [0.1, 0.15) is 53.4 Å². The molecule has 4 aliphatic heterocycles. The Hall–Kier alpha value is -2.96. The number of amides is 4. The Morgan fingerprint density at radius 3 is 0.873 bits per heavy atom. The van der Waals surface area contributed by atoms with Crippen molar-refractivity contribution in [3.05, 3.63) is 0 Å². The number of hydrogen-bond donors (Lipinski definition) is 16. The third-order valence-corrected chi connectivity index (χ3v) is 12.7. The zero-order valence-corrected chi connectivity index (χ0v) is 40.2. The summed E-state index contributed by atoms with van der Waals surface area (Å²) in [5.41, 5.74) is 0. The summed E-state index contributed by atoms with van der Waals surface area (Å²) in [4.78, 5) is 51.8. The number of methoxy groups -OCH3 is 2. The summed E-state index contributed by atoms with van der Waals surface area (Å²) in [7, 11) is 2.35. The number of hydrogen-bond acceptors (Lipinski definition) is 25. The van der Waals surface area contributed by atoms with Gasteiger partial charge in [0, 0.05) is 66.3 Å². The molecule has 0 bridgehead atoms. The van der Waals surface area contributed by atoms with Gasteiger partial charge in [0.25, 0.3) is 0 Å². The van der Waals surface area contributed by atoms with Gasteiger partial charge in [0.15, 0.2) is 25.2 Å². The zero-order valence-electron chi connectivity index (χ0n) is 40.2. The number of ether oxygens (including phenoxy) is 9. The van der Waals surface area contributed by atoms with Crippen molar-refractivity contribution in [1.82, 2.24) is 21.3 Å². The quantitative estimate of drug-likeness (QED) is 0.0427. The highest BCUT2D eigenvalue weighted by Gasteiger charge is 2.56. The maximum atomic E-state index is 13.1. The van der Waals surface area contributed by atoms with Gasteiger partial charge in [-0.05, 0) is 27.7 Å². The van der Waals surface area contributed by atoms with Crippen LogP contribution in [-0.2, 0) is 61.8 Å². The molecule has 4 fully saturated rings. The number of carbonyl (C=O) groups is 4. The van der Waals surface area contributed by atoms with E-state index in [1.54, 1.807) is 0 Å². The van der Waals surface area contributed by atoms with Crippen LogP contribution in [0.3, 0.4) is 0 Å². The minimum absolute atomic E-state index is 0.321. The lowest BCUT2D eigenvalue weighted by Crippen LogP contribution is -2.71. The molecule has 0 aromatic heterocycles. The van der Waals surface area contributed by atoms with Gasteiger partial charge < -0.3 is 125 Å². The van der Waals surface area contributed by atoms with Crippen molar-refractivity contribution in [2.75, 3.05) is 40.6 Å². The van der Waals surface area contributed by atoms with Gasteiger partial charge in [-0.2, -0.15) is 0 Å². The lowest BCUT2D eigenvalue weighted by atomic mass is 9.93. The molecular formula is C42H74N4O25.